The van der Waals surface area contributed by atoms with Crippen LogP contribution in [0.2, 0.25) is 0 Å². The molecule has 0 amide bonds. The summed E-state index contributed by atoms with van der Waals surface area (Å²) in [6.45, 7) is 14.8. The molecule has 0 N–H and O–H groups in total. The molecule has 0 atom stereocenters. The Morgan fingerprint density at radius 2 is 1.27 bits per heavy atom. The van der Waals surface area contributed by atoms with Gasteiger partial charge in [0.25, 0.3) is 0 Å². The van der Waals surface area contributed by atoms with Crippen LogP contribution in [-0.4, -0.2) is 22.7 Å². The summed E-state index contributed by atoms with van der Waals surface area (Å²) < 4.78 is 0. The first-order valence-electron chi connectivity index (χ1n) is 13.4. The maximum absolute atomic E-state index is 6.42. The largest absolute Gasteiger partial charge is 0.298 e. The molecule has 2 heteroatoms. The molecule has 2 aromatic rings. The third-order valence-electron chi connectivity index (χ3n) is 7.27. The molecule has 182 valence electrons. The fraction of sp³-hybridized carbons (Fsp3) is 0.613. The third kappa shape index (κ3) is 6.93. The Balaban J connectivity index is 1.63. The van der Waals surface area contributed by atoms with Crippen molar-refractivity contribution in [1.29, 1.82) is 0 Å². The highest BCUT2D eigenvalue weighted by molar-refractivity contribution is 5.64. The van der Waals surface area contributed by atoms with Crippen molar-refractivity contribution in [3.05, 3.63) is 59.7 Å². The van der Waals surface area contributed by atoms with Crippen molar-refractivity contribution in [3.8, 4) is 11.1 Å². The normalized spacial score (nSPS) is 18.5. The van der Waals surface area contributed by atoms with E-state index in [1.807, 2.05) is 0 Å². The Bertz CT molecular complexity index is 816. The van der Waals surface area contributed by atoms with Crippen molar-refractivity contribution in [2.24, 2.45) is 0 Å². The topological polar surface area (TPSA) is 12.5 Å². The summed E-state index contributed by atoms with van der Waals surface area (Å²) in [5.74, 6) is 0.556. The lowest BCUT2D eigenvalue weighted by Gasteiger charge is -2.54. The van der Waals surface area contributed by atoms with Gasteiger partial charge in [0.15, 0.2) is 0 Å². The molecule has 2 aromatic carbocycles. The van der Waals surface area contributed by atoms with Gasteiger partial charge in [0.1, 0.15) is 0 Å². The molecule has 0 saturated carbocycles. The number of hydrogen-bond acceptors (Lipinski definition) is 2. The molecule has 0 radical (unpaired) electrons. The zero-order chi connectivity index (χ0) is 23.9. The van der Waals surface area contributed by atoms with Crippen LogP contribution in [0.1, 0.15) is 110 Å². The third-order valence-corrected chi connectivity index (χ3v) is 7.27. The Kier molecular flexibility index (Phi) is 9.18. The summed E-state index contributed by atoms with van der Waals surface area (Å²) in [4.78, 5) is 6.42. The van der Waals surface area contributed by atoms with E-state index in [4.69, 9.17) is 4.84 Å². The maximum atomic E-state index is 6.42. The second-order valence-electron chi connectivity index (χ2n) is 11.3. The number of hydroxylamine groups is 2. The predicted molar refractivity (Wildman–Crippen MR) is 143 cm³/mol. The Morgan fingerprint density at radius 1 is 0.727 bits per heavy atom. The first kappa shape index (κ1) is 26.0. The Morgan fingerprint density at radius 3 is 1.82 bits per heavy atom. The van der Waals surface area contributed by atoms with Gasteiger partial charge in [-0.1, -0.05) is 94.5 Å². The van der Waals surface area contributed by atoms with Crippen LogP contribution in [0.3, 0.4) is 0 Å². The van der Waals surface area contributed by atoms with E-state index in [1.54, 1.807) is 0 Å². The standard InChI is InChI=1S/C31H47NO/c1-7-9-10-11-12-22-33-32-30(3,4)23-29(24-31(32,5)6)28-20-18-27(19-21-28)26-16-14-25(13-8-2)15-17-26/h14-21,29H,7-13,22-24H2,1-6H3. The minimum absolute atomic E-state index is 0.0175. The molecule has 1 aliphatic heterocycles. The van der Waals surface area contributed by atoms with Crippen LogP contribution < -0.4 is 0 Å². The molecule has 0 spiro atoms. The summed E-state index contributed by atoms with van der Waals surface area (Å²) in [5, 5.41) is 2.32. The van der Waals surface area contributed by atoms with Crippen LogP contribution in [0.25, 0.3) is 11.1 Å². The summed E-state index contributed by atoms with van der Waals surface area (Å²) >= 11 is 0. The SMILES string of the molecule is CCCCCCCON1C(C)(C)CC(c2ccc(-c3ccc(CCC)cc3)cc2)CC1(C)C. The summed E-state index contributed by atoms with van der Waals surface area (Å²) in [6.07, 6.45) is 11.0. The van der Waals surface area contributed by atoms with Gasteiger partial charge >= 0.3 is 0 Å². The molecule has 2 nitrogen and oxygen atoms in total. The van der Waals surface area contributed by atoms with E-state index in [0.29, 0.717) is 5.92 Å². The van der Waals surface area contributed by atoms with E-state index in [0.717, 1.165) is 32.3 Å². The minimum Gasteiger partial charge on any atom is -0.298 e. The van der Waals surface area contributed by atoms with E-state index >= 15 is 0 Å². The molecule has 33 heavy (non-hydrogen) atoms. The van der Waals surface area contributed by atoms with Gasteiger partial charge in [-0.05, 0) is 81.5 Å². The van der Waals surface area contributed by atoms with Crippen molar-refractivity contribution in [2.45, 2.75) is 116 Å². The molecule has 0 aromatic heterocycles. The molecule has 0 unspecified atom stereocenters. The number of benzene rings is 2. The molecule has 1 aliphatic rings. The minimum atomic E-state index is 0.0175. The molecular formula is C31H47NO. The monoisotopic (exact) mass is 449 g/mol. The molecule has 3 rings (SSSR count). The lowest BCUT2D eigenvalue weighted by Crippen LogP contribution is -2.59. The highest BCUT2D eigenvalue weighted by Crippen LogP contribution is 2.46. The molecule has 0 bridgehead atoms. The van der Waals surface area contributed by atoms with Gasteiger partial charge in [0.05, 0.1) is 6.61 Å². The highest BCUT2D eigenvalue weighted by atomic mass is 16.7. The van der Waals surface area contributed by atoms with Crippen LogP contribution in [0.15, 0.2) is 48.5 Å². The van der Waals surface area contributed by atoms with Crippen molar-refractivity contribution >= 4 is 0 Å². The van der Waals surface area contributed by atoms with Crippen molar-refractivity contribution in [3.63, 3.8) is 0 Å². The summed E-state index contributed by atoms with van der Waals surface area (Å²) in [6, 6.07) is 18.4. The molecule has 0 aliphatic carbocycles. The molecular weight excluding hydrogens is 402 g/mol. The van der Waals surface area contributed by atoms with Crippen molar-refractivity contribution in [1.82, 2.24) is 5.06 Å². The van der Waals surface area contributed by atoms with E-state index in [1.165, 1.54) is 54.4 Å². The second kappa shape index (κ2) is 11.7. The van der Waals surface area contributed by atoms with Gasteiger partial charge in [0, 0.05) is 11.1 Å². The Labute approximate surface area is 203 Å². The molecule has 1 fully saturated rings. The van der Waals surface area contributed by atoms with Crippen LogP contribution in [0, 0.1) is 0 Å². The van der Waals surface area contributed by atoms with Gasteiger partial charge < -0.3 is 0 Å². The van der Waals surface area contributed by atoms with Crippen LogP contribution >= 0.6 is 0 Å². The van der Waals surface area contributed by atoms with E-state index < -0.39 is 0 Å². The van der Waals surface area contributed by atoms with E-state index in [-0.39, 0.29) is 11.1 Å². The molecule has 1 saturated heterocycles. The van der Waals surface area contributed by atoms with E-state index in [9.17, 15) is 0 Å². The fourth-order valence-corrected chi connectivity index (χ4v) is 5.81. The zero-order valence-electron chi connectivity index (χ0n) is 22.1. The number of piperidine rings is 1. The number of aryl methyl sites for hydroxylation is 1. The van der Waals surface area contributed by atoms with Crippen LogP contribution in [0.5, 0.6) is 0 Å². The van der Waals surface area contributed by atoms with Crippen molar-refractivity contribution < 1.29 is 4.84 Å². The number of nitrogens with zero attached hydrogens (tertiary/aromatic N) is 1. The average Bonchev–Trinajstić information content (AvgIpc) is 2.78. The highest BCUT2D eigenvalue weighted by Gasteiger charge is 2.46. The van der Waals surface area contributed by atoms with Crippen LogP contribution in [0.4, 0.5) is 0 Å². The van der Waals surface area contributed by atoms with Gasteiger partial charge in [-0.15, -0.1) is 0 Å². The maximum Gasteiger partial charge on any atom is 0.0685 e. The number of unbranched alkanes of at least 4 members (excludes halogenated alkanes) is 4. The molecule has 1 heterocycles. The van der Waals surface area contributed by atoms with Gasteiger partial charge in [-0.25, -0.2) is 0 Å². The van der Waals surface area contributed by atoms with E-state index in [2.05, 4.69) is 95.1 Å². The van der Waals surface area contributed by atoms with Gasteiger partial charge in [0.2, 0.25) is 0 Å². The first-order chi connectivity index (χ1) is 15.8. The smallest absolute Gasteiger partial charge is 0.0685 e. The fourth-order valence-electron chi connectivity index (χ4n) is 5.81. The lowest BCUT2D eigenvalue weighted by atomic mass is 9.72. The second-order valence-corrected chi connectivity index (χ2v) is 11.3. The lowest BCUT2D eigenvalue weighted by molar-refractivity contribution is -0.283. The van der Waals surface area contributed by atoms with Crippen LogP contribution in [-0.2, 0) is 11.3 Å². The number of hydrogen-bond donors (Lipinski definition) is 0. The number of rotatable bonds is 11. The first-order valence-corrected chi connectivity index (χ1v) is 13.4. The van der Waals surface area contributed by atoms with Gasteiger partial charge in [-0.3, -0.25) is 4.84 Å². The Hall–Kier alpha value is -1.64. The van der Waals surface area contributed by atoms with Crippen molar-refractivity contribution in [2.75, 3.05) is 6.61 Å². The summed E-state index contributed by atoms with van der Waals surface area (Å²) in [5.41, 5.74) is 5.54. The van der Waals surface area contributed by atoms with Gasteiger partial charge in [-0.2, -0.15) is 5.06 Å². The zero-order valence-corrected chi connectivity index (χ0v) is 22.1. The average molecular weight is 450 g/mol. The predicted octanol–water partition coefficient (Wildman–Crippen LogP) is 8.94. The summed E-state index contributed by atoms with van der Waals surface area (Å²) in [7, 11) is 0. The quantitative estimate of drug-likeness (QED) is 0.317.